The zero-order valence-corrected chi connectivity index (χ0v) is 9.73. The van der Waals surface area contributed by atoms with Gasteiger partial charge in [0.05, 0.1) is 12.9 Å². The van der Waals surface area contributed by atoms with Crippen molar-refractivity contribution in [1.29, 1.82) is 0 Å². The molecule has 0 spiro atoms. The smallest absolute Gasteiger partial charge is 0.264 e. The van der Waals surface area contributed by atoms with Gasteiger partial charge in [-0.3, -0.25) is 4.18 Å². The molecule has 14 heavy (non-hydrogen) atoms. The summed E-state index contributed by atoms with van der Waals surface area (Å²) in [5.74, 6) is -0.497. The van der Waals surface area contributed by atoms with Crippen LogP contribution in [0.2, 0.25) is 0 Å². The molecule has 0 radical (unpaired) electrons. The molecular weight excluding hydrogens is 275 g/mol. The maximum atomic E-state index is 13.1. The molecule has 0 fully saturated rings. The van der Waals surface area contributed by atoms with Gasteiger partial charge in [-0.2, -0.15) is 8.42 Å². The van der Waals surface area contributed by atoms with Crippen molar-refractivity contribution >= 4 is 26.0 Å². The molecule has 0 amide bonds. The van der Waals surface area contributed by atoms with Crippen LogP contribution in [-0.2, 0) is 20.9 Å². The molecule has 0 aliphatic carbocycles. The van der Waals surface area contributed by atoms with E-state index >= 15 is 0 Å². The van der Waals surface area contributed by atoms with E-state index in [0.717, 1.165) is 6.26 Å². The molecule has 3 nitrogen and oxygen atoms in total. The molecule has 0 N–H and O–H groups in total. The standard InChI is InChI=1S/C8H8BrFO3S/c1-14(11,12)13-5-6-2-3-7(9)4-8(6)10/h2-4H,5H2,1H3. The second-order valence-electron chi connectivity index (χ2n) is 2.70. The Balaban J connectivity index is 2.78. The van der Waals surface area contributed by atoms with Crippen molar-refractivity contribution < 1.29 is 17.0 Å². The Morgan fingerprint density at radius 3 is 2.64 bits per heavy atom. The summed E-state index contributed by atoms with van der Waals surface area (Å²) in [5, 5.41) is 0. The summed E-state index contributed by atoms with van der Waals surface area (Å²) in [6.07, 6.45) is 0.920. The number of benzene rings is 1. The molecule has 0 atom stereocenters. The minimum absolute atomic E-state index is 0.207. The van der Waals surface area contributed by atoms with Crippen molar-refractivity contribution in [3.05, 3.63) is 34.1 Å². The van der Waals surface area contributed by atoms with E-state index in [1.165, 1.54) is 12.1 Å². The quantitative estimate of drug-likeness (QED) is 0.797. The summed E-state index contributed by atoms with van der Waals surface area (Å²) in [7, 11) is -3.53. The predicted molar refractivity (Wildman–Crippen MR) is 53.7 cm³/mol. The van der Waals surface area contributed by atoms with Gasteiger partial charge >= 0.3 is 0 Å². The van der Waals surface area contributed by atoms with E-state index in [9.17, 15) is 12.8 Å². The summed E-state index contributed by atoms with van der Waals surface area (Å²) >= 11 is 3.09. The number of hydrogen-bond acceptors (Lipinski definition) is 3. The Morgan fingerprint density at radius 2 is 2.14 bits per heavy atom. The largest absolute Gasteiger partial charge is 0.265 e. The van der Waals surface area contributed by atoms with Crippen molar-refractivity contribution in [2.45, 2.75) is 6.61 Å². The molecule has 0 unspecified atom stereocenters. The van der Waals surface area contributed by atoms with Crippen LogP contribution in [0.25, 0.3) is 0 Å². The fourth-order valence-corrected chi connectivity index (χ4v) is 1.48. The van der Waals surface area contributed by atoms with Crippen molar-refractivity contribution in [2.24, 2.45) is 0 Å². The molecule has 0 aliphatic heterocycles. The first-order valence-corrected chi connectivity index (χ1v) is 6.28. The number of halogens is 2. The van der Waals surface area contributed by atoms with Crippen LogP contribution in [0.3, 0.4) is 0 Å². The third-order valence-corrected chi connectivity index (χ3v) is 2.48. The average molecular weight is 283 g/mol. The molecule has 1 aromatic carbocycles. The van der Waals surface area contributed by atoms with Crippen LogP contribution in [0.15, 0.2) is 22.7 Å². The summed E-state index contributed by atoms with van der Waals surface area (Å²) in [5.41, 5.74) is 0.207. The Bertz CT molecular complexity index is 430. The van der Waals surface area contributed by atoms with Crippen molar-refractivity contribution in [1.82, 2.24) is 0 Å². The lowest BCUT2D eigenvalue weighted by Gasteiger charge is -2.03. The first kappa shape index (κ1) is 11.6. The summed E-state index contributed by atoms with van der Waals surface area (Å²) in [6.45, 7) is -0.280. The monoisotopic (exact) mass is 282 g/mol. The fourth-order valence-electron chi connectivity index (χ4n) is 0.809. The van der Waals surface area contributed by atoms with E-state index in [2.05, 4.69) is 20.1 Å². The van der Waals surface area contributed by atoms with Gasteiger partial charge in [-0.1, -0.05) is 22.0 Å². The summed E-state index contributed by atoms with van der Waals surface area (Å²) in [4.78, 5) is 0. The van der Waals surface area contributed by atoms with E-state index in [-0.39, 0.29) is 12.2 Å². The molecular formula is C8H8BrFO3S. The molecule has 6 heteroatoms. The molecule has 0 aliphatic rings. The summed E-state index contributed by atoms with van der Waals surface area (Å²) < 4.78 is 39.4. The summed E-state index contributed by atoms with van der Waals surface area (Å²) in [6, 6.07) is 4.33. The van der Waals surface area contributed by atoms with Gasteiger partial charge in [0.1, 0.15) is 5.82 Å². The third kappa shape index (κ3) is 3.73. The maximum Gasteiger partial charge on any atom is 0.264 e. The lowest BCUT2D eigenvalue weighted by atomic mass is 10.2. The van der Waals surface area contributed by atoms with E-state index < -0.39 is 15.9 Å². The highest BCUT2D eigenvalue weighted by atomic mass is 79.9. The van der Waals surface area contributed by atoms with Gasteiger partial charge < -0.3 is 0 Å². The van der Waals surface area contributed by atoms with Gasteiger partial charge in [0.2, 0.25) is 0 Å². The minimum atomic E-state index is -3.53. The van der Waals surface area contributed by atoms with Gasteiger partial charge in [0, 0.05) is 10.0 Å². The first-order chi connectivity index (χ1) is 6.38. The molecule has 0 aromatic heterocycles. The number of hydrogen-bond donors (Lipinski definition) is 0. The van der Waals surface area contributed by atoms with Crippen LogP contribution in [0.4, 0.5) is 4.39 Å². The highest BCUT2D eigenvalue weighted by molar-refractivity contribution is 9.10. The Kier molecular flexibility index (Phi) is 3.63. The van der Waals surface area contributed by atoms with E-state index in [1.807, 2.05) is 0 Å². The number of rotatable bonds is 3. The topological polar surface area (TPSA) is 43.4 Å². The van der Waals surface area contributed by atoms with Crippen molar-refractivity contribution in [3.8, 4) is 0 Å². The fraction of sp³-hybridized carbons (Fsp3) is 0.250. The minimum Gasteiger partial charge on any atom is -0.265 e. The molecule has 1 aromatic rings. The SMILES string of the molecule is CS(=O)(=O)OCc1ccc(Br)cc1F. The van der Waals surface area contributed by atoms with Crippen LogP contribution in [0.5, 0.6) is 0 Å². The normalized spacial score (nSPS) is 11.6. The van der Waals surface area contributed by atoms with Gasteiger partial charge in [-0.25, -0.2) is 4.39 Å². The molecule has 0 bridgehead atoms. The van der Waals surface area contributed by atoms with Crippen LogP contribution >= 0.6 is 15.9 Å². The zero-order chi connectivity index (χ0) is 10.8. The molecule has 0 saturated carbocycles. The van der Waals surface area contributed by atoms with Gasteiger partial charge in [0.25, 0.3) is 10.1 Å². The highest BCUT2D eigenvalue weighted by Crippen LogP contribution is 2.16. The van der Waals surface area contributed by atoms with Gasteiger partial charge in [-0.05, 0) is 12.1 Å². The van der Waals surface area contributed by atoms with Crippen LogP contribution < -0.4 is 0 Å². The lowest BCUT2D eigenvalue weighted by molar-refractivity contribution is 0.306. The van der Waals surface area contributed by atoms with E-state index in [0.29, 0.717) is 4.47 Å². The van der Waals surface area contributed by atoms with Gasteiger partial charge in [-0.15, -0.1) is 0 Å². The van der Waals surface area contributed by atoms with Crippen molar-refractivity contribution in [3.63, 3.8) is 0 Å². The van der Waals surface area contributed by atoms with Crippen LogP contribution in [-0.4, -0.2) is 14.7 Å². The van der Waals surface area contributed by atoms with Crippen molar-refractivity contribution in [2.75, 3.05) is 6.26 Å². The zero-order valence-electron chi connectivity index (χ0n) is 7.33. The molecule has 1 rings (SSSR count). The Hall–Kier alpha value is -0.460. The first-order valence-electron chi connectivity index (χ1n) is 3.67. The Labute approximate surface area is 90.1 Å². The van der Waals surface area contributed by atoms with E-state index in [1.54, 1.807) is 6.07 Å². The molecule has 0 saturated heterocycles. The molecule has 0 heterocycles. The third-order valence-electron chi connectivity index (χ3n) is 1.44. The van der Waals surface area contributed by atoms with Gasteiger partial charge in [0.15, 0.2) is 0 Å². The molecule has 78 valence electrons. The second-order valence-corrected chi connectivity index (χ2v) is 5.26. The second kappa shape index (κ2) is 4.37. The average Bonchev–Trinajstić information content (AvgIpc) is 2.00. The highest BCUT2D eigenvalue weighted by Gasteiger charge is 2.07. The van der Waals surface area contributed by atoms with Crippen LogP contribution in [0.1, 0.15) is 5.56 Å². The van der Waals surface area contributed by atoms with Crippen LogP contribution in [0, 0.1) is 5.82 Å². The predicted octanol–water partition coefficient (Wildman–Crippen LogP) is 2.06. The Morgan fingerprint density at radius 1 is 1.50 bits per heavy atom. The maximum absolute atomic E-state index is 13.1. The lowest BCUT2D eigenvalue weighted by Crippen LogP contribution is -2.03. The van der Waals surface area contributed by atoms with E-state index in [4.69, 9.17) is 0 Å².